The van der Waals surface area contributed by atoms with Gasteiger partial charge in [-0.3, -0.25) is 4.99 Å². The van der Waals surface area contributed by atoms with E-state index in [9.17, 15) is 4.39 Å². The molecule has 0 fully saturated rings. The molecule has 0 aliphatic rings. The van der Waals surface area contributed by atoms with Gasteiger partial charge in [0.15, 0.2) is 5.96 Å². The molecule has 0 spiro atoms. The standard InChI is InChI=1S/C16H20ClFN4/c1-19-16(21-10-12-7-9-22(2)11-12)20-8-6-13-14(17)4-3-5-15(13)18/h3-5,7,9,11H,6,8,10H2,1-2H3,(H2,19,20,21). The number of aliphatic imine (C=N–C) groups is 1. The molecular formula is C16H20ClFN4. The van der Waals surface area contributed by atoms with E-state index in [1.165, 1.54) is 11.6 Å². The van der Waals surface area contributed by atoms with Gasteiger partial charge in [0.2, 0.25) is 0 Å². The van der Waals surface area contributed by atoms with E-state index in [-0.39, 0.29) is 5.82 Å². The Labute approximate surface area is 135 Å². The van der Waals surface area contributed by atoms with Gasteiger partial charge in [-0.15, -0.1) is 0 Å². The number of nitrogens with zero attached hydrogens (tertiary/aromatic N) is 2. The van der Waals surface area contributed by atoms with E-state index >= 15 is 0 Å². The van der Waals surface area contributed by atoms with Crippen molar-refractivity contribution in [3.8, 4) is 0 Å². The second kappa shape index (κ2) is 7.84. The van der Waals surface area contributed by atoms with E-state index in [1.807, 2.05) is 30.1 Å². The molecule has 0 radical (unpaired) electrons. The highest BCUT2D eigenvalue weighted by Crippen LogP contribution is 2.18. The monoisotopic (exact) mass is 322 g/mol. The van der Waals surface area contributed by atoms with Crippen molar-refractivity contribution in [2.75, 3.05) is 13.6 Å². The fraction of sp³-hybridized carbons (Fsp3) is 0.312. The van der Waals surface area contributed by atoms with Gasteiger partial charge in [-0.2, -0.15) is 0 Å². The Bertz CT molecular complexity index is 631. The lowest BCUT2D eigenvalue weighted by molar-refractivity contribution is 0.607. The number of benzene rings is 1. The van der Waals surface area contributed by atoms with Crippen LogP contribution in [0.25, 0.3) is 0 Å². The predicted octanol–water partition coefficient (Wildman–Crippen LogP) is 2.73. The molecule has 0 saturated carbocycles. The normalized spacial score (nSPS) is 11.5. The fourth-order valence-corrected chi connectivity index (χ4v) is 2.41. The summed E-state index contributed by atoms with van der Waals surface area (Å²) in [5, 5.41) is 6.82. The third-order valence-corrected chi connectivity index (χ3v) is 3.66. The summed E-state index contributed by atoms with van der Waals surface area (Å²) in [4.78, 5) is 4.15. The summed E-state index contributed by atoms with van der Waals surface area (Å²) in [6, 6.07) is 6.76. The Hall–Kier alpha value is -2.01. The number of aryl methyl sites for hydroxylation is 1. The van der Waals surface area contributed by atoms with Crippen molar-refractivity contribution in [2.24, 2.45) is 12.0 Å². The van der Waals surface area contributed by atoms with Gasteiger partial charge >= 0.3 is 0 Å². The molecule has 4 nitrogen and oxygen atoms in total. The quantitative estimate of drug-likeness (QED) is 0.656. The van der Waals surface area contributed by atoms with Crippen molar-refractivity contribution in [2.45, 2.75) is 13.0 Å². The topological polar surface area (TPSA) is 41.4 Å². The first kappa shape index (κ1) is 16.4. The van der Waals surface area contributed by atoms with Gasteiger partial charge in [-0.1, -0.05) is 17.7 Å². The number of guanidine groups is 1. The van der Waals surface area contributed by atoms with Gasteiger partial charge in [0, 0.05) is 50.2 Å². The zero-order chi connectivity index (χ0) is 15.9. The molecule has 0 bridgehead atoms. The van der Waals surface area contributed by atoms with Gasteiger partial charge in [-0.25, -0.2) is 4.39 Å². The molecule has 0 saturated heterocycles. The second-order valence-electron chi connectivity index (χ2n) is 4.99. The summed E-state index contributed by atoms with van der Waals surface area (Å²) in [5.41, 5.74) is 1.69. The molecule has 0 aliphatic carbocycles. The Morgan fingerprint density at radius 3 is 2.77 bits per heavy atom. The van der Waals surface area contributed by atoms with Crippen molar-refractivity contribution in [3.05, 3.63) is 58.6 Å². The van der Waals surface area contributed by atoms with Crippen LogP contribution in [-0.2, 0) is 20.0 Å². The third kappa shape index (κ3) is 4.49. The Morgan fingerprint density at radius 2 is 2.14 bits per heavy atom. The minimum Gasteiger partial charge on any atom is -0.357 e. The summed E-state index contributed by atoms with van der Waals surface area (Å²) < 4.78 is 15.7. The highest BCUT2D eigenvalue weighted by Gasteiger charge is 2.07. The molecule has 0 unspecified atom stereocenters. The molecule has 118 valence electrons. The van der Waals surface area contributed by atoms with Gasteiger partial charge in [0.25, 0.3) is 0 Å². The van der Waals surface area contributed by atoms with Crippen LogP contribution in [0.3, 0.4) is 0 Å². The van der Waals surface area contributed by atoms with Gasteiger partial charge in [-0.05, 0) is 30.2 Å². The molecule has 2 aromatic rings. The number of halogens is 2. The van der Waals surface area contributed by atoms with Crippen LogP contribution in [-0.4, -0.2) is 24.1 Å². The summed E-state index contributed by atoms with van der Waals surface area (Å²) >= 11 is 6.01. The molecular weight excluding hydrogens is 303 g/mol. The molecule has 2 rings (SSSR count). The van der Waals surface area contributed by atoms with Crippen LogP contribution in [0.2, 0.25) is 5.02 Å². The molecule has 0 aliphatic heterocycles. The van der Waals surface area contributed by atoms with Crippen molar-refractivity contribution in [1.82, 2.24) is 15.2 Å². The maximum Gasteiger partial charge on any atom is 0.191 e. The number of aromatic nitrogens is 1. The van der Waals surface area contributed by atoms with E-state index in [1.54, 1.807) is 19.2 Å². The number of rotatable bonds is 5. The fourth-order valence-electron chi connectivity index (χ4n) is 2.15. The Balaban J connectivity index is 1.81. The van der Waals surface area contributed by atoms with E-state index < -0.39 is 0 Å². The first-order valence-corrected chi connectivity index (χ1v) is 7.46. The average Bonchev–Trinajstić information content (AvgIpc) is 2.91. The summed E-state index contributed by atoms with van der Waals surface area (Å²) in [6.07, 6.45) is 4.53. The highest BCUT2D eigenvalue weighted by atomic mass is 35.5. The molecule has 0 atom stereocenters. The van der Waals surface area contributed by atoms with Crippen LogP contribution in [0.15, 0.2) is 41.7 Å². The lowest BCUT2D eigenvalue weighted by Gasteiger charge is -2.12. The van der Waals surface area contributed by atoms with Crippen LogP contribution in [0.4, 0.5) is 4.39 Å². The SMILES string of the molecule is CN=C(NCCc1c(F)cccc1Cl)NCc1ccn(C)c1. The average molecular weight is 323 g/mol. The summed E-state index contributed by atoms with van der Waals surface area (Å²) in [5.74, 6) is 0.401. The maximum absolute atomic E-state index is 13.7. The smallest absolute Gasteiger partial charge is 0.191 e. The van der Waals surface area contributed by atoms with Crippen LogP contribution < -0.4 is 10.6 Å². The predicted molar refractivity (Wildman–Crippen MR) is 88.7 cm³/mol. The maximum atomic E-state index is 13.7. The number of hydrogen-bond acceptors (Lipinski definition) is 1. The Morgan fingerprint density at radius 1 is 1.32 bits per heavy atom. The van der Waals surface area contributed by atoms with Crippen LogP contribution in [0.1, 0.15) is 11.1 Å². The minimum absolute atomic E-state index is 0.276. The van der Waals surface area contributed by atoms with Crippen LogP contribution in [0.5, 0.6) is 0 Å². The van der Waals surface area contributed by atoms with Gasteiger partial charge in [0.1, 0.15) is 5.82 Å². The van der Waals surface area contributed by atoms with Gasteiger partial charge < -0.3 is 15.2 Å². The summed E-state index contributed by atoms with van der Waals surface area (Å²) in [7, 11) is 3.69. The largest absolute Gasteiger partial charge is 0.357 e. The van der Waals surface area contributed by atoms with Gasteiger partial charge in [0.05, 0.1) is 0 Å². The van der Waals surface area contributed by atoms with Crippen molar-refractivity contribution >= 4 is 17.6 Å². The van der Waals surface area contributed by atoms with Crippen molar-refractivity contribution in [1.29, 1.82) is 0 Å². The number of hydrogen-bond donors (Lipinski definition) is 2. The van der Waals surface area contributed by atoms with Crippen LogP contribution >= 0.6 is 11.6 Å². The Kier molecular flexibility index (Phi) is 5.83. The summed E-state index contributed by atoms with van der Waals surface area (Å²) in [6.45, 7) is 1.23. The molecule has 2 N–H and O–H groups in total. The second-order valence-corrected chi connectivity index (χ2v) is 5.40. The zero-order valence-electron chi connectivity index (χ0n) is 12.7. The van der Waals surface area contributed by atoms with Crippen molar-refractivity contribution in [3.63, 3.8) is 0 Å². The van der Waals surface area contributed by atoms with E-state index in [0.717, 1.165) is 0 Å². The minimum atomic E-state index is -0.276. The first-order valence-electron chi connectivity index (χ1n) is 7.08. The molecule has 1 heterocycles. The zero-order valence-corrected chi connectivity index (χ0v) is 13.5. The molecule has 0 amide bonds. The first-order chi connectivity index (χ1) is 10.6. The molecule has 22 heavy (non-hydrogen) atoms. The lowest BCUT2D eigenvalue weighted by Crippen LogP contribution is -2.37. The highest BCUT2D eigenvalue weighted by molar-refractivity contribution is 6.31. The lowest BCUT2D eigenvalue weighted by atomic mass is 10.1. The number of nitrogens with one attached hydrogen (secondary N) is 2. The van der Waals surface area contributed by atoms with Crippen molar-refractivity contribution < 1.29 is 4.39 Å². The van der Waals surface area contributed by atoms with E-state index in [2.05, 4.69) is 15.6 Å². The van der Waals surface area contributed by atoms with E-state index in [0.29, 0.717) is 36.1 Å². The third-order valence-electron chi connectivity index (χ3n) is 3.31. The molecule has 1 aromatic carbocycles. The molecule has 6 heteroatoms. The van der Waals surface area contributed by atoms with E-state index in [4.69, 9.17) is 11.6 Å². The molecule has 1 aromatic heterocycles. The van der Waals surface area contributed by atoms with Crippen LogP contribution in [0, 0.1) is 5.82 Å².